The maximum absolute atomic E-state index is 12.9. The molecule has 3 aliphatic heterocycles. The van der Waals surface area contributed by atoms with E-state index in [-0.39, 0.29) is 33.6 Å². The monoisotopic (exact) mass is 455 g/mol. The number of benzene rings is 1. The van der Waals surface area contributed by atoms with E-state index in [1.54, 1.807) is 13.8 Å². The Hall–Kier alpha value is -1.98. The van der Waals surface area contributed by atoms with Gasteiger partial charge >= 0.3 is 0 Å². The van der Waals surface area contributed by atoms with Crippen molar-refractivity contribution in [3.63, 3.8) is 0 Å². The zero-order valence-corrected chi connectivity index (χ0v) is 18.5. The molecule has 0 aromatic heterocycles. The second-order valence-corrected chi connectivity index (χ2v) is 12.3. The lowest BCUT2D eigenvalue weighted by atomic mass is 10.1. The molecule has 1 aromatic rings. The van der Waals surface area contributed by atoms with E-state index in [1.807, 2.05) is 0 Å². The predicted molar refractivity (Wildman–Crippen MR) is 109 cm³/mol. The average molecular weight is 456 g/mol. The summed E-state index contributed by atoms with van der Waals surface area (Å²) in [4.78, 5) is 27.2. The molecule has 2 atom stereocenters. The molecule has 1 aromatic carbocycles. The molecule has 2 amide bonds. The maximum Gasteiger partial charge on any atom is 0.269 e. The fourth-order valence-electron chi connectivity index (χ4n) is 4.55. The van der Waals surface area contributed by atoms with Gasteiger partial charge < -0.3 is 5.32 Å². The summed E-state index contributed by atoms with van der Waals surface area (Å²) in [7, 11) is -7.29. The quantitative estimate of drug-likeness (QED) is 0.690. The second-order valence-electron chi connectivity index (χ2n) is 8.38. The molecular formula is C19H25N3O6S2. The molecule has 2 unspecified atom stereocenters. The zero-order valence-electron chi connectivity index (χ0n) is 16.9. The van der Waals surface area contributed by atoms with Gasteiger partial charge in [0.2, 0.25) is 0 Å². The topological polar surface area (TPSA) is 121 Å². The van der Waals surface area contributed by atoms with Crippen LogP contribution in [-0.4, -0.2) is 80.6 Å². The SMILES string of the molecule is CC(C)N1C(=O)c2ccc(C(=O)NC3CS(=O)(=O)CC3N3CCCC3)cc2S1(=O)=O. The molecule has 164 valence electrons. The normalized spacial score (nSPS) is 27.6. The molecular weight excluding hydrogens is 430 g/mol. The van der Waals surface area contributed by atoms with E-state index >= 15 is 0 Å². The van der Waals surface area contributed by atoms with E-state index < -0.39 is 43.8 Å². The molecule has 0 radical (unpaired) electrons. The predicted octanol–water partition coefficient (Wildman–Crippen LogP) is 0.231. The van der Waals surface area contributed by atoms with Crippen molar-refractivity contribution in [3.8, 4) is 0 Å². The molecule has 0 bridgehead atoms. The van der Waals surface area contributed by atoms with Gasteiger partial charge in [-0.25, -0.2) is 21.1 Å². The molecule has 1 N–H and O–H groups in total. The largest absolute Gasteiger partial charge is 0.347 e. The van der Waals surface area contributed by atoms with Gasteiger partial charge in [-0.15, -0.1) is 0 Å². The van der Waals surface area contributed by atoms with Gasteiger partial charge in [-0.3, -0.25) is 14.5 Å². The summed E-state index contributed by atoms with van der Waals surface area (Å²) in [5, 5.41) is 2.79. The van der Waals surface area contributed by atoms with Gasteiger partial charge in [0.15, 0.2) is 9.84 Å². The summed E-state index contributed by atoms with van der Waals surface area (Å²) in [5.41, 5.74) is 0.124. The minimum Gasteiger partial charge on any atom is -0.347 e. The number of likely N-dealkylation sites (tertiary alicyclic amines) is 1. The number of fused-ring (bicyclic) bond motifs is 1. The van der Waals surface area contributed by atoms with Crippen molar-refractivity contribution < 1.29 is 26.4 Å². The van der Waals surface area contributed by atoms with Crippen LogP contribution in [0.4, 0.5) is 0 Å². The first-order valence-electron chi connectivity index (χ1n) is 9.99. The van der Waals surface area contributed by atoms with Crippen LogP contribution in [0.15, 0.2) is 23.1 Å². The highest BCUT2D eigenvalue weighted by Gasteiger charge is 2.44. The molecule has 3 aliphatic rings. The van der Waals surface area contributed by atoms with Crippen molar-refractivity contribution in [2.75, 3.05) is 24.6 Å². The van der Waals surface area contributed by atoms with Gasteiger partial charge in [-0.05, 0) is 58.0 Å². The van der Waals surface area contributed by atoms with Crippen LogP contribution >= 0.6 is 0 Å². The van der Waals surface area contributed by atoms with Crippen molar-refractivity contribution >= 4 is 31.7 Å². The first-order valence-corrected chi connectivity index (χ1v) is 13.3. The first-order chi connectivity index (χ1) is 14.0. The molecule has 3 heterocycles. The van der Waals surface area contributed by atoms with E-state index in [4.69, 9.17) is 0 Å². The Kier molecular flexibility index (Phi) is 5.18. The Morgan fingerprint density at radius 1 is 1.10 bits per heavy atom. The molecule has 4 rings (SSSR count). The summed E-state index contributed by atoms with van der Waals surface area (Å²) in [6.07, 6.45) is 2.00. The van der Waals surface area contributed by atoms with Crippen molar-refractivity contribution in [1.82, 2.24) is 14.5 Å². The maximum atomic E-state index is 12.9. The molecule has 0 spiro atoms. The summed E-state index contributed by atoms with van der Waals surface area (Å²) in [6.45, 7) is 4.82. The highest BCUT2D eigenvalue weighted by atomic mass is 32.2. The Morgan fingerprint density at radius 3 is 2.40 bits per heavy atom. The average Bonchev–Trinajstić information content (AvgIpc) is 3.32. The third-order valence-corrected chi connectivity index (χ3v) is 9.64. The van der Waals surface area contributed by atoms with Crippen molar-refractivity contribution in [2.24, 2.45) is 0 Å². The molecule has 2 fully saturated rings. The third kappa shape index (κ3) is 3.52. The van der Waals surface area contributed by atoms with Crippen molar-refractivity contribution in [1.29, 1.82) is 0 Å². The lowest BCUT2D eigenvalue weighted by Gasteiger charge is -2.28. The number of carbonyl (C=O) groups is 2. The minimum absolute atomic E-state index is 0.00830. The summed E-state index contributed by atoms with van der Waals surface area (Å²) in [5.74, 6) is -1.28. The fourth-order valence-corrected chi connectivity index (χ4v) is 8.30. The lowest BCUT2D eigenvalue weighted by molar-refractivity contribution is 0.0844. The Balaban J connectivity index is 1.60. The van der Waals surface area contributed by atoms with Crippen LogP contribution in [0.25, 0.3) is 0 Å². The van der Waals surface area contributed by atoms with Gasteiger partial charge in [0.25, 0.3) is 21.8 Å². The number of hydrogen-bond acceptors (Lipinski definition) is 7. The number of nitrogens with one attached hydrogen (secondary N) is 1. The molecule has 30 heavy (non-hydrogen) atoms. The van der Waals surface area contributed by atoms with Crippen molar-refractivity contribution in [2.45, 2.75) is 49.7 Å². The Morgan fingerprint density at radius 2 is 1.77 bits per heavy atom. The summed E-state index contributed by atoms with van der Waals surface area (Å²) < 4.78 is 50.7. The van der Waals surface area contributed by atoms with Crippen molar-refractivity contribution in [3.05, 3.63) is 29.3 Å². The molecule has 0 saturated carbocycles. The molecule has 0 aliphatic carbocycles. The highest BCUT2D eigenvalue weighted by molar-refractivity contribution is 7.91. The van der Waals surface area contributed by atoms with Crippen LogP contribution in [0.3, 0.4) is 0 Å². The van der Waals surface area contributed by atoms with Crippen LogP contribution < -0.4 is 5.32 Å². The number of sulfone groups is 1. The molecule has 11 heteroatoms. The van der Waals surface area contributed by atoms with E-state index in [0.29, 0.717) is 0 Å². The second kappa shape index (κ2) is 7.31. The number of carbonyl (C=O) groups excluding carboxylic acids is 2. The van der Waals surface area contributed by atoms with Gasteiger partial charge in [-0.2, -0.15) is 0 Å². The van der Waals surface area contributed by atoms with E-state index in [0.717, 1.165) is 30.2 Å². The van der Waals surface area contributed by atoms with E-state index in [9.17, 15) is 26.4 Å². The van der Waals surface area contributed by atoms with Crippen LogP contribution in [0, 0.1) is 0 Å². The number of hydrogen-bond donors (Lipinski definition) is 1. The van der Waals surface area contributed by atoms with E-state index in [1.165, 1.54) is 18.2 Å². The van der Waals surface area contributed by atoms with Gasteiger partial charge in [0.1, 0.15) is 4.90 Å². The summed E-state index contributed by atoms with van der Waals surface area (Å²) in [6, 6.07) is 2.57. The highest BCUT2D eigenvalue weighted by Crippen LogP contribution is 2.32. The minimum atomic E-state index is -4.02. The number of amides is 2. The standard InChI is InChI=1S/C19H25N3O6S2/c1-12(2)22-19(24)14-6-5-13(9-17(14)30(22,27)28)18(23)20-15-10-29(25,26)11-16(15)21-7-3-4-8-21/h5-6,9,12,15-16H,3-4,7-8,10-11H2,1-2H3,(H,20,23). The zero-order chi connectivity index (χ0) is 21.8. The van der Waals surface area contributed by atoms with Crippen LogP contribution in [0.1, 0.15) is 47.4 Å². The Labute approximate surface area is 176 Å². The fraction of sp³-hybridized carbons (Fsp3) is 0.579. The number of sulfonamides is 1. The third-order valence-electron chi connectivity index (χ3n) is 5.93. The van der Waals surface area contributed by atoms with Crippen LogP contribution in [0.2, 0.25) is 0 Å². The van der Waals surface area contributed by atoms with Crippen LogP contribution in [0.5, 0.6) is 0 Å². The van der Waals surface area contributed by atoms with Gasteiger partial charge in [0.05, 0.1) is 23.1 Å². The number of nitrogens with zero attached hydrogens (tertiary/aromatic N) is 2. The lowest BCUT2D eigenvalue weighted by Crippen LogP contribution is -2.50. The van der Waals surface area contributed by atoms with Gasteiger partial charge in [0, 0.05) is 17.6 Å². The molecule has 2 saturated heterocycles. The number of rotatable bonds is 4. The van der Waals surface area contributed by atoms with Gasteiger partial charge in [-0.1, -0.05) is 0 Å². The first kappa shape index (κ1) is 21.3. The Bertz CT molecular complexity index is 1110. The molecule has 9 nitrogen and oxygen atoms in total. The van der Waals surface area contributed by atoms with E-state index in [2.05, 4.69) is 10.2 Å². The van der Waals surface area contributed by atoms with Crippen LogP contribution in [-0.2, 0) is 19.9 Å². The smallest absolute Gasteiger partial charge is 0.269 e. The summed E-state index contributed by atoms with van der Waals surface area (Å²) >= 11 is 0.